The Kier molecular flexibility index (Phi) is 2.57. The van der Waals surface area contributed by atoms with Gasteiger partial charge in [0.1, 0.15) is 0 Å². The van der Waals surface area contributed by atoms with Crippen molar-refractivity contribution >= 4 is 24.1 Å². The molecule has 0 fully saturated rings. The predicted octanol–water partition coefficient (Wildman–Crippen LogP) is 3.41. The van der Waals surface area contributed by atoms with E-state index in [4.69, 9.17) is 0 Å². The molecule has 1 aromatic heterocycles. The van der Waals surface area contributed by atoms with Gasteiger partial charge >= 0.3 is 85.1 Å². The summed E-state index contributed by atoms with van der Waals surface area (Å²) in [5, 5.41) is 1.51. The van der Waals surface area contributed by atoms with Gasteiger partial charge in [-0.3, -0.25) is 0 Å². The third-order valence-corrected chi connectivity index (χ3v) is 4.52. The molecular formula is C12H14Se. The van der Waals surface area contributed by atoms with E-state index in [0.29, 0.717) is 20.4 Å². The Balaban J connectivity index is 2.60. The van der Waals surface area contributed by atoms with Crippen LogP contribution in [0, 0.1) is 0 Å². The fourth-order valence-corrected chi connectivity index (χ4v) is 3.39. The van der Waals surface area contributed by atoms with Crippen molar-refractivity contribution in [3.05, 3.63) is 34.8 Å². The maximum atomic E-state index is 2.32. The molecule has 1 heteroatoms. The molecule has 0 saturated carbocycles. The van der Waals surface area contributed by atoms with Gasteiger partial charge < -0.3 is 0 Å². The Bertz CT molecular complexity index is 400. The molecule has 2 aromatic rings. The van der Waals surface area contributed by atoms with Crippen LogP contribution in [-0.4, -0.2) is 14.5 Å². The molecule has 0 nitrogen and oxygen atoms in total. The first kappa shape index (κ1) is 9.05. The number of hydrogen-bond donors (Lipinski definition) is 0. The molecule has 1 unspecified atom stereocenters. The molecule has 1 aromatic carbocycles. The summed E-state index contributed by atoms with van der Waals surface area (Å²) in [6.07, 6.45) is 1.23. The molecule has 1 heterocycles. The minimum atomic E-state index is 0.596. The summed E-state index contributed by atoms with van der Waals surface area (Å²) in [7, 11) is 0. The summed E-state index contributed by atoms with van der Waals surface area (Å²) in [6, 6.07) is 9.05. The van der Waals surface area contributed by atoms with Crippen LogP contribution in [0.4, 0.5) is 0 Å². The zero-order chi connectivity index (χ0) is 9.26. The van der Waals surface area contributed by atoms with Crippen LogP contribution in [-0.2, 0) is 0 Å². The molecule has 0 spiro atoms. The van der Waals surface area contributed by atoms with Crippen LogP contribution in [0.1, 0.15) is 31.7 Å². The van der Waals surface area contributed by atoms with Crippen LogP contribution < -0.4 is 0 Å². The molecule has 0 radical (unpaired) electrons. The second-order valence-electron chi connectivity index (χ2n) is 3.49. The summed E-state index contributed by atoms with van der Waals surface area (Å²) >= 11 is 0.596. The predicted molar refractivity (Wildman–Crippen MR) is 59.6 cm³/mol. The van der Waals surface area contributed by atoms with Crippen LogP contribution in [0.5, 0.6) is 0 Å². The van der Waals surface area contributed by atoms with Crippen LogP contribution in [0.2, 0.25) is 0 Å². The average Bonchev–Trinajstić information content (AvgIpc) is 2.63. The minimum absolute atomic E-state index is 0.596. The van der Waals surface area contributed by atoms with Crippen LogP contribution in [0.25, 0.3) is 9.65 Å². The second kappa shape index (κ2) is 3.69. The standard InChI is InChI=1S/C12H14Se/c1-3-9(2)10-5-4-6-12-11(10)7-8-13-12/h4-9H,3H2,1-2H3. The van der Waals surface area contributed by atoms with Gasteiger partial charge in [0.05, 0.1) is 0 Å². The maximum absolute atomic E-state index is 2.32. The average molecular weight is 237 g/mol. The van der Waals surface area contributed by atoms with Crippen LogP contribution >= 0.6 is 0 Å². The van der Waals surface area contributed by atoms with Crippen molar-refractivity contribution in [3.8, 4) is 0 Å². The van der Waals surface area contributed by atoms with Gasteiger partial charge in [-0.05, 0) is 0 Å². The van der Waals surface area contributed by atoms with Gasteiger partial charge in [0.25, 0.3) is 0 Å². The SMILES string of the molecule is CCC(C)c1cccc2[se]ccc12. The molecule has 2 rings (SSSR count). The zero-order valence-electron chi connectivity index (χ0n) is 8.08. The summed E-state index contributed by atoms with van der Waals surface area (Å²) in [5.41, 5.74) is 1.54. The van der Waals surface area contributed by atoms with E-state index < -0.39 is 0 Å². The van der Waals surface area contributed by atoms with Crippen molar-refractivity contribution in [2.24, 2.45) is 0 Å². The molecule has 13 heavy (non-hydrogen) atoms. The van der Waals surface area contributed by atoms with Crippen molar-refractivity contribution in [1.82, 2.24) is 0 Å². The summed E-state index contributed by atoms with van der Waals surface area (Å²) in [5.74, 6) is 0.702. The monoisotopic (exact) mass is 238 g/mol. The van der Waals surface area contributed by atoms with Crippen molar-refractivity contribution in [2.45, 2.75) is 26.2 Å². The Hall–Kier alpha value is -0.521. The summed E-state index contributed by atoms with van der Waals surface area (Å²) < 4.78 is 1.56. The van der Waals surface area contributed by atoms with E-state index in [1.54, 1.807) is 4.26 Å². The van der Waals surface area contributed by atoms with E-state index in [1.165, 1.54) is 17.4 Å². The van der Waals surface area contributed by atoms with Gasteiger partial charge in [-0.2, -0.15) is 0 Å². The van der Waals surface area contributed by atoms with Gasteiger partial charge in [0.2, 0.25) is 0 Å². The Labute approximate surface area is 85.3 Å². The Morgan fingerprint density at radius 2 is 2.15 bits per heavy atom. The van der Waals surface area contributed by atoms with Gasteiger partial charge in [0.15, 0.2) is 0 Å². The molecule has 0 aliphatic heterocycles. The van der Waals surface area contributed by atoms with E-state index in [-0.39, 0.29) is 0 Å². The number of fused-ring (bicyclic) bond motifs is 1. The van der Waals surface area contributed by atoms with Crippen LogP contribution in [0.3, 0.4) is 0 Å². The third kappa shape index (κ3) is 1.59. The zero-order valence-corrected chi connectivity index (χ0v) is 9.79. The van der Waals surface area contributed by atoms with E-state index in [1.807, 2.05) is 0 Å². The molecule has 0 saturated heterocycles. The first-order valence-corrected chi connectivity index (χ1v) is 6.63. The molecule has 0 amide bonds. The van der Waals surface area contributed by atoms with Gasteiger partial charge in [0, 0.05) is 0 Å². The summed E-state index contributed by atoms with van der Waals surface area (Å²) in [4.78, 5) is 2.32. The first-order chi connectivity index (χ1) is 6.33. The van der Waals surface area contributed by atoms with E-state index in [0.717, 1.165) is 0 Å². The fraction of sp³-hybridized carbons (Fsp3) is 0.333. The molecule has 0 aliphatic carbocycles. The van der Waals surface area contributed by atoms with E-state index in [9.17, 15) is 0 Å². The Morgan fingerprint density at radius 1 is 1.31 bits per heavy atom. The second-order valence-corrected chi connectivity index (χ2v) is 5.48. The summed E-state index contributed by atoms with van der Waals surface area (Å²) in [6.45, 7) is 4.57. The topological polar surface area (TPSA) is 0 Å². The molecule has 0 bridgehead atoms. The molecule has 68 valence electrons. The van der Waals surface area contributed by atoms with Crippen molar-refractivity contribution < 1.29 is 0 Å². The van der Waals surface area contributed by atoms with Crippen LogP contribution in [0.15, 0.2) is 29.2 Å². The molecule has 1 atom stereocenters. The van der Waals surface area contributed by atoms with Gasteiger partial charge in [-0.15, -0.1) is 0 Å². The number of benzene rings is 1. The molecular weight excluding hydrogens is 223 g/mol. The van der Waals surface area contributed by atoms with E-state index in [2.05, 4.69) is 43.1 Å². The van der Waals surface area contributed by atoms with Crippen molar-refractivity contribution in [3.63, 3.8) is 0 Å². The number of hydrogen-bond acceptors (Lipinski definition) is 0. The normalized spacial score (nSPS) is 13.4. The van der Waals surface area contributed by atoms with Gasteiger partial charge in [-0.25, -0.2) is 0 Å². The third-order valence-electron chi connectivity index (χ3n) is 2.67. The number of rotatable bonds is 2. The van der Waals surface area contributed by atoms with E-state index >= 15 is 0 Å². The molecule has 0 aliphatic rings. The fourth-order valence-electron chi connectivity index (χ4n) is 1.67. The van der Waals surface area contributed by atoms with Gasteiger partial charge in [-0.1, -0.05) is 0 Å². The van der Waals surface area contributed by atoms with Crippen molar-refractivity contribution in [2.75, 3.05) is 0 Å². The quantitative estimate of drug-likeness (QED) is 0.702. The van der Waals surface area contributed by atoms with Crippen molar-refractivity contribution in [1.29, 1.82) is 0 Å². The first-order valence-electron chi connectivity index (χ1n) is 4.79. The molecule has 0 N–H and O–H groups in total. The Morgan fingerprint density at radius 3 is 2.92 bits per heavy atom.